The Hall–Kier alpha value is -1.19. The number of methoxy groups -OCH3 is 1. The molecule has 0 radical (unpaired) electrons. The molecular weight excluding hydrogens is 330 g/mol. The summed E-state index contributed by atoms with van der Waals surface area (Å²) in [7, 11) is -2.08. The van der Waals surface area contributed by atoms with Crippen molar-refractivity contribution in [1.82, 2.24) is 10.0 Å². The third-order valence-corrected chi connectivity index (χ3v) is 4.15. The smallest absolute Gasteiger partial charge is 0.240 e. The summed E-state index contributed by atoms with van der Waals surface area (Å²) in [6.07, 6.45) is 0. The molecule has 0 spiro atoms. The molecule has 0 bridgehead atoms. The number of ether oxygens (including phenoxy) is 1. The largest absolute Gasteiger partial charge is 0.383 e. The van der Waals surface area contributed by atoms with E-state index in [0.717, 1.165) is 0 Å². The van der Waals surface area contributed by atoms with Gasteiger partial charge < -0.3 is 15.8 Å². The minimum absolute atomic E-state index is 0. The summed E-state index contributed by atoms with van der Waals surface area (Å²) >= 11 is 0. The number of sulfonamides is 1. The Kier molecular flexibility index (Phi) is 9.22. The summed E-state index contributed by atoms with van der Waals surface area (Å²) in [5.41, 5.74) is 6.12. The first-order valence-corrected chi connectivity index (χ1v) is 7.96. The number of halogens is 1. The number of benzene rings is 1. The van der Waals surface area contributed by atoms with Crippen LogP contribution >= 0.6 is 12.4 Å². The third kappa shape index (κ3) is 6.71. The Morgan fingerprint density at radius 2 is 2.09 bits per heavy atom. The minimum Gasteiger partial charge on any atom is -0.383 e. The van der Waals surface area contributed by atoms with Gasteiger partial charge in [0, 0.05) is 20.2 Å². The van der Waals surface area contributed by atoms with Crippen molar-refractivity contribution in [2.75, 3.05) is 20.3 Å². The fraction of sp³-hybridized carbons (Fsp3) is 0.462. The van der Waals surface area contributed by atoms with Crippen molar-refractivity contribution in [3.05, 3.63) is 29.8 Å². The average Bonchev–Trinajstić information content (AvgIpc) is 2.45. The highest BCUT2D eigenvalue weighted by Gasteiger charge is 2.14. The predicted molar refractivity (Wildman–Crippen MR) is 86.3 cm³/mol. The maximum Gasteiger partial charge on any atom is 0.240 e. The van der Waals surface area contributed by atoms with E-state index in [1.807, 2.05) is 0 Å². The van der Waals surface area contributed by atoms with E-state index in [9.17, 15) is 13.2 Å². The summed E-state index contributed by atoms with van der Waals surface area (Å²) < 4.78 is 31.3. The molecule has 1 aromatic rings. The van der Waals surface area contributed by atoms with Crippen molar-refractivity contribution in [2.45, 2.75) is 24.4 Å². The van der Waals surface area contributed by atoms with Gasteiger partial charge in [-0.15, -0.1) is 12.4 Å². The second-order valence-electron chi connectivity index (χ2n) is 4.54. The fourth-order valence-electron chi connectivity index (χ4n) is 1.53. The van der Waals surface area contributed by atoms with Crippen LogP contribution in [-0.2, 0) is 26.1 Å². The van der Waals surface area contributed by atoms with Gasteiger partial charge in [0.05, 0.1) is 17.5 Å². The van der Waals surface area contributed by atoms with Crippen LogP contribution in [0.1, 0.15) is 12.5 Å². The van der Waals surface area contributed by atoms with Crippen molar-refractivity contribution in [1.29, 1.82) is 0 Å². The predicted octanol–water partition coefficient (Wildman–Crippen LogP) is -0.00350. The second-order valence-corrected chi connectivity index (χ2v) is 6.31. The minimum atomic E-state index is -3.58. The summed E-state index contributed by atoms with van der Waals surface area (Å²) in [5, 5.41) is 2.63. The molecule has 1 amide bonds. The molecular formula is C13H22ClN3O4S. The van der Waals surface area contributed by atoms with Crippen molar-refractivity contribution in [3.63, 3.8) is 0 Å². The molecule has 0 saturated carbocycles. The van der Waals surface area contributed by atoms with E-state index in [-0.39, 0.29) is 36.3 Å². The van der Waals surface area contributed by atoms with Crippen LogP contribution in [0.25, 0.3) is 0 Å². The lowest BCUT2D eigenvalue weighted by atomic mass is 10.2. The van der Waals surface area contributed by atoms with Gasteiger partial charge >= 0.3 is 0 Å². The molecule has 1 aromatic carbocycles. The van der Waals surface area contributed by atoms with Crippen LogP contribution in [0.3, 0.4) is 0 Å². The van der Waals surface area contributed by atoms with Crippen molar-refractivity contribution in [3.8, 4) is 0 Å². The van der Waals surface area contributed by atoms with Crippen LogP contribution in [0, 0.1) is 0 Å². The van der Waals surface area contributed by atoms with Crippen LogP contribution in [0.15, 0.2) is 29.2 Å². The third-order valence-electron chi connectivity index (χ3n) is 2.69. The van der Waals surface area contributed by atoms with Crippen molar-refractivity contribution >= 4 is 28.3 Å². The van der Waals surface area contributed by atoms with E-state index in [1.54, 1.807) is 19.1 Å². The van der Waals surface area contributed by atoms with Crippen LogP contribution in [0.2, 0.25) is 0 Å². The van der Waals surface area contributed by atoms with E-state index >= 15 is 0 Å². The molecule has 0 heterocycles. The maximum absolute atomic E-state index is 12.0. The van der Waals surface area contributed by atoms with Crippen molar-refractivity contribution < 1.29 is 17.9 Å². The first kappa shape index (κ1) is 20.8. The number of hydrogen-bond donors (Lipinski definition) is 3. The average molecular weight is 352 g/mol. The van der Waals surface area contributed by atoms with E-state index in [2.05, 4.69) is 10.0 Å². The van der Waals surface area contributed by atoms with Gasteiger partial charge in [-0.1, -0.05) is 12.1 Å². The van der Waals surface area contributed by atoms with Crippen molar-refractivity contribution in [2.24, 2.45) is 5.73 Å². The number of carbonyl (C=O) groups is 1. The summed E-state index contributed by atoms with van der Waals surface area (Å²) in [6.45, 7) is 2.30. The molecule has 0 aromatic heterocycles. The lowest BCUT2D eigenvalue weighted by Gasteiger charge is -2.10. The highest BCUT2D eigenvalue weighted by atomic mass is 35.5. The van der Waals surface area contributed by atoms with E-state index in [0.29, 0.717) is 12.2 Å². The normalized spacial score (nSPS) is 12.3. The molecule has 0 aliphatic heterocycles. The summed E-state index contributed by atoms with van der Waals surface area (Å²) in [6, 6.07) is 5.75. The first-order valence-electron chi connectivity index (χ1n) is 6.47. The number of amides is 1. The lowest BCUT2D eigenvalue weighted by Crippen LogP contribution is -2.37. The maximum atomic E-state index is 12.0. The molecule has 1 rings (SSSR count). The van der Waals surface area contributed by atoms with Gasteiger partial charge in [0.1, 0.15) is 0 Å². The Morgan fingerprint density at radius 1 is 1.41 bits per heavy atom. The molecule has 22 heavy (non-hydrogen) atoms. The molecule has 7 nitrogen and oxygen atoms in total. The zero-order valence-corrected chi connectivity index (χ0v) is 14.2. The molecule has 1 atom stereocenters. The van der Waals surface area contributed by atoms with Gasteiger partial charge in [-0.05, 0) is 24.6 Å². The highest BCUT2D eigenvalue weighted by Crippen LogP contribution is 2.11. The molecule has 0 aliphatic carbocycles. The SMILES string of the molecule is COCCNS(=O)(=O)c1cccc(CNC(=O)[C@@H](C)N)c1.Cl. The van der Waals surface area contributed by atoms with Crippen LogP contribution < -0.4 is 15.8 Å². The molecule has 126 valence electrons. The number of nitrogens with one attached hydrogen (secondary N) is 2. The monoisotopic (exact) mass is 351 g/mol. The second kappa shape index (κ2) is 9.75. The Morgan fingerprint density at radius 3 is 2.68 bits per heavy atom. The zero-order chi connectivity index (χ0) is 15.9. The van der Waals surface area contributed by atoms with Gasteiger partial charge in [0.15, 0.2) is 0 Å². The summed E-state index contributed by atoms with van der Waals surface area (Å²) in [4.78, 5) is 11.5. The molecule has 9 heteroatoms. The number of hydrogen-bond acceptors (Lipinski definition) is 5. The first-order chi connectivity index (χ1) is 9.86. The van der Waals surface area contributed by atoms with Gasteiger partial charge in [-0.2, -0.15) is 0 Å². The summed E-state index contributed by atoms with van der Waals surface area (Å²) in [5.74, 6) is -0.290. The molecule has 0 unspecified atom stereocenters. The van der Waals surface area contributed by atoms with Gasteiger partial charge in [-0.25, -0.2) is 13.1 Å². The van der Waals surface area contributed by atoms with E-state index < -0.39 is 16.1 Å². The molecule has 0 fully saturated rings. The quantitative estimate of drug-likeness (QED) is 0.571. The Balaban J connectivity index is 0.00000441. The van der Waals surface area contributed by atoms with Gasteiger partial charge in [0.2, 0.25) is 15.9 Å². The van der Waals surface area contributed by atoms with Crippen LogP contribution in [0.5, 0.6) is 0 Å². The number of rotatable bonds is 8. The highest BCUT2D eigenvalue weighted by molar-refractivity contribution is 7.89. The molecule has 0 aliphatic rings. The van der Waals surface area contributed by atoms with Gasteiger partial charge in [0.25, 0.3) is 0 Å². The molecule has 0 saturated heterocycles. The Labute approximate surface area is 137 Å². The Bertz CT molecular complexity index is 578. The number of nitrogens with two attached hydrogens (primary N) is 1. The fourth-order valence-corrected chi connectivity index (χ4v) is 2.62. The topological polar surface area (TPSA) is 111 Å². The standard InChI is InChI=1S/C13H21N3O4S.ClH/c1-10(14)13(17)15-9-11-4-3-5-12(8-11)21(18,19)16-6-7-20-2;/h3-5,8,10,16H,6-7,9,14H2,1-2H3,(H,15,17);1H/t10-;/m1./s1. The zero-order valence-electron chi connectivity index (χ0n) is 12.5. The van der Waals surface area contributed by atoms with Crippen LogP contribution in [0.4, 0.5) is 0 Å². The molecule has 4 N–H and O–H groups in total. The van der Waals surface area contributed by atoms with E-state index in [1.165, 1.54) is 19.2 Å². The van der Waals surface area contributed by atoms with Gasteiger partial charge in [-0.3, -0.25) is 4.79 Å². The van der Waals surface area contributed by atoms with E-state index in [4.69, 9.17) is 10.5 Å². The number of carbonyl (C=O) groups excluding carboxylic acids is 1. The van der Waals surface area contributed by atoms with Crippen LogP contribution in [-0.4, -0.2) is 40.6 Å². The lowest BCUT2D eigenvalue weighted by molar-refractivity contribution is -0.122.